The number of nitrogens with one attached hydrogen (secondary N) is 1. The van der Waals surface area contributed by atoms with Gasteiger partial charge in [0.05, 0.1) is 28.9 Å². The molecule has 0 amide bonds. The molecule has 0 aliphatic rings. The van der Waals surface area contributed by atoms with Crippen molar-refractivity contribution in [2.75, 3.05) is 12.8 Å². The van der Waals surface area contributed by atoms with Crippen molar-refractivity contribution in [1.82, 2.24) is 10.2 Å². The molecule has 4 N–H and O–H groups in total. The Balaban J connectivity index is 2.80. The number of H-pyrrole nitrogens is 1. The Morgan fingerprint density at radius 2 is 2.29 bits per heavy atom. The first kappa shape index (κ1) is 11.7. The van der Waals surface area contributed by atoms with Gasteiger partial charge in [0.15, 0.2) is 11.5 Å². The highest BCUT2D eigenvalue weighted by atomic mass is 79.9. The summed E-state index contributed by atoms with van der Waals surface area (Å²) in [5.41, 5.74) is 6.02. The predicted molar refractivity (Wildman–Crippen MR) is 64.3 cm³/mol. The number of rotatable bonds is 2. The monoisotopic (exact) mass is 301 g/mol. The van der Waals surface area contributed by atoms with Gasteiger partial charge in [0.25, 0.3) is 0 Å². The molecular formula is C10H9BrFN3O2. The van der Waals surface area contributed by atoms with Gasteiger partial charge in [-0.15, -0.1) is 0 Å². The summed E-state index contributed by atoms with van der Waals surface area (Å²) in [5, 5.41) is 15.9. The van der Waals surface area contributed by atoms with Crippen molar-refractivity contribution in [1.29, 1.82) is 0 Å². The number of aromatic nitrogens is 2. The molecule has 17 heavy (non-hydrogen) atoms. The average molecular weight is 302 g/mol. The van der Waals surface area contributed by atoms with Crippen LogP contribution in [-0.4, -0.2) is 22.4 Å². The van der Waals surface area contributed by atoms with Crippen LogP contribution in [0.1, 0.15) is 0 Å². The number of aromatic amines is 1. The highest BCUT2D eigenvalue weighted by Gasteiger charge is 2.21. The van der Waals surface area contributed by atoms with Crippen LogP contribution in [0.25, 0.3) is 11.1 Å². The minimum absolute atomic E-state index is 0.0128. The first-order valence-electron chi connectivity index (χ1n) is 4.60. The van der Waals surface area contributed by atoms with E-state index in [2.05, 4.69) is 26.1 Å². The molecule has 7 heteroatoms. The molecule has 0 unspecified atom stereocenters. The molecule has 0 saturated carbocycles. The maximum absolute atomic E-state index is 14.0. The zero-order chi connectivity index (χ0) is 12.6. The van der Waals surface area contributed by atoms with E-state index in [-0.39, 0.29) is 27.4 Å². The topological polar surface area (TPSA) is 84.2 Å². The smallest absolute Gasteiger partial charge is 0.171 e. The Morgan fingerprint density at radius 1 is 1.59 bits per heavy atom. The summed E-state index contributed by atoms with van der Waals surface area (Å²) in [6.45, 7) is 0. The third-order valence-corrected chi connectivity index (χ3v) is 2.87. The zero-order valence-corrected chi connectivity index (χ0v) is 10.4. The Kier molecular flexibility index (Phi) is 2.93. The normalized spacial score (nSPS) is 10.5. The first-order valence-corrected chi connectivity index (χ1v) is 5.39. The second kappa shape index (κ2) is 4.25. The maximum Gasteiger partial charge on any atom is 0.171 e. The number of phenolic OH excluding ortho intramolecular Hbond substituents is 1. The van der Waals surface area contributed by atoms with E-state index >= 15 is 0 Å². The fraction of sp³-hybridized carbons (Fsp3) is 0.100. The number of methoxy groups -OCH3 is 1. The average Bonchev–Trinajstić information content (AvgIpc) is 2.69. The van der Waals surface area contributed by atoms with Crippen molar-refractivity contribution >= 4 is 21.7 Å². The number of benzene rings is 1. The number of ether oxygens (including phenoxy) is 1. The van der Waals surface area contributed by atoms with E-state index in [9.17, 15) is 9.50 Å². The Labute approximate surface area is 105 Å². The molecule has 0 fully saturated rings. The molecule has 90 valence electrons. The SMILES string of the molecule is COc1c(O)cc(Br)c(F)c1-c1cn[nH]c1N. The lowest BCUT2D eigenvalue weighted by Crippen LogP contribution is -1.96. The molecule has 0 atom stereocenters. The fourth-order valence-electron chi connectivity index (χ4n) is 1.54. The van der Waals surface area contributed by atoms with Gasteiger partial charge in [-0.25, -0.2) is 4.39 Å². The summed E-state index contributed by atoms with van der Waals surface area (Å²) < 4.78 is 19.1. The van der Waals surface area contributed by atoms with Crippen LogP contribution in [0.15, 0.2) is 16.7 Å². The summed E-state index contributed by atoms with van der Waals surface area (Å²) in [6, 6.07) is 1.22. The molecule has 2 rings (SSSR count). The highest BCUT2D eigenvalue weighted by Crippen LogP contribution is 2.43. The van der Waals surface area contributed by atoms with E-state index < -0.39 is 5.82 Å². The van der Waals surface area contributed by atoms with Gasteiger partial charge >= 0.3 is 0 Å². The van der Waals surface area contributed by atoms with Crippen LogP contribution in [0.4, 0.5) is 10.2 Å². The summed E-state index contributed by atoms with van der Waals surface area (Å²) in [6.07, 6.45) is 1.36. The largest absolute Gasteiger partial charge is 0.504 e. The molecular weight excluding hydrogens is 293 g/mol. The van der Waals surface area contributed by atoms with E-state index in [1.165, 1.54) is 19.4 Å². The lowest BCUT2D eigenvalue weighted by molar-refractivity contribution is 0.371. The number of phenols is 1. The molecule has 2 aromatic rings. The summed E-state index contributed by atoms with van der Waals surface area (Å²) in [4.78, 5) is 0. The van der Waals surface area contributed by atoms with E-state index in [0.717, 1.165) is 0 Å². The van der Waals surface area contributed by atoms with Crippen molar-refractivity contribution in [3.8, 4) is 22.6 Å². The Bertz CT molecular complexity index is 571. The maximum atomic E-state index is 14.0. The minimum atomic E-state index is -0.576. The van der Waals surface area contributed by atoms with Crippen LogP contribution in [-0.2, 0) is 0 Å². The molecule has 0 aliphatic heterocycles. The molecule has 0 radical (unpaired) electrons. The molecule has 1 aromatic heterocycles. The quantitative estimate of drug-likeness (QED) is 0.794. The standard InChI is InChI=1S/C10H9BrFN3O2/c1-17-9-6(16)2-5(11)8(12)7(9)4-3-14-15-10(4)13/h2-3,16H,1H3,(H3,13,14,15). The van der Waals surface area contributed by atoms with E-state index in [4.69, 9.17) is 10.5 Å². The van der Waals surface area contributed by atoms with Crippen molar-refractivity contribution in [2.45, 2.75) is 0 Å². The third-order valence-electron chi connectivity index (χ3n) is 2.29. The molecule has 5 nitrogen and oxygen atoms in total. The van der Waals surface area contributed by atoms with Crippen LogP contribution in [0.2, 0.25) is 0 Å². The second-order valence-corrected chi connectivity index (χ2v) is 4.15. The van der Waals surface area contributed by atoms with Gasteiger partial charge in [-0.3, -0.25) is 5.10 Å². The van der Waals surface area contributed by atoms with E-state index in [1.807, 2.05) is 0 Å². The van der Waals surface area contributed by atoms with E-state index in [1.54, 1.807) is 0 Å². The van der Waals surface area contributed by atoms with Crippen LogP contribution >= 0.6 is 15.9 Å². The highest BCUT2D eigenvalue weighted by molar-refractivity contribution is 9.10. The van der Waals surface area contributed by atoms with Crippen molar-refractivity contribution < 1.29 is 14.2 Å². The molecule has 1 aromatic carbocycles. The third kappa shape index (κ3) is 1.82. The molecule has 0 bridgehead atoms. The fourth-order valence-corrected chi connectivity index (χ4v) is 1.95. The van der Waals surface area contributed by atoms with Crippen molar-refractivity contribution in [2.24, 2.45) is 0 Å². The van der Waals surface area contributed by atoms with Gasteiger partial charge < -0.3 is 15.6 Å². The number of nitrogens with two attached hydrogens (primary N) is 1. The number of aromatic hydroxyl groups is 1. The number of nitrogens with zero attached hydrogens (tertiary/aromatic N) is 1. The molecule has 1 heterocycles. The lowest BCUT2D eigenvalue weighted by atomic mass is 10.1. The number of halogens is 2. The second-order valence-electron chi connectivity index (χ2n) is 3.30. The first-order chi connectivity index (χ1) is 8.06. The van der Waals surface area contributed by atoms with Gasteiger partial charge in [-0.1, -0.05) is 0 Å². The van der Waals surface area contributed by atoms with Crippen LogP contribution in [0.5, 0.6) is 11.5 Å². The van der Waals surface area contributed by atoms with Gasteiger partial charge in [-0.2, -0.15) is 5.10 Å². The Morgan fingerprint density at radius 3 is 2.82 bits per heavy atom. The summed E-state index contributed by atoms with van der Waals surface area (Å²) in [5.74, 6) is -0.553. The van der Waals surface area contributed by atoms with Gasteiger partial charge in [-0.05, 0) is 15.9 Å². The van der Waals surface area contributed by atoms with Crippen molar-refractivity contribution in [3.05, 3.63) is 22.6 Å². The molecule has 0 spiro atoms. The minimum Gasteiger partial charge on any atom is -0.504 e. The molecule has 0 aliphatic carbocycles. The lowest BCUT2D eigenvalue weighted by Gasteiger charge is -2.11. The number of hydrogen-bond acceptors (Lipinski definition) is 4. The van der Waals surface area contributed by atoms with Gasteiger partial charge in [0.1, 0.15) is 11.6 Å². The predicted octanol–water partition coefficient (Wildman–Crippen LogP) is 2.27. The summed E-state index contributed by atoms with van der Waals surface area (Å²) >= 11 is 3.01. The van der Waals surface area contributed by atoms with Crippen LogP contribution < -0.4 is 10.5 Å². The van der Waals surface area contributed by atoms with Gasteiger partial charge in [0.2, 0.25) is 0 Å². The number of anilines is 1. The van der Waals surface area contributed by atoms with Crippen LogP contribution in [0, 0.1) is 5.82 Å². The number of nitrogen functional groups attached to an aromatic ring is 1. The molecule has 0 saturated heterocycles. The van der Waals surface area contributed by atoms with Crippen molar-refractivity contribution in [3.63, 3.8) is 0 Å². The zero-order valence-electron chi connectivity index (χ0n) is 8.79. The number of hydrogen-bond donors (Lipinski definition) is 3. The summed E-state index contributed by atoms with van der Waals surface area (Å²) in [7, 11) is 1.34. The van der Waals surface area contributed by atoms with Crippen LogP contribution in [0.3, 0.4) is 0 Å². The Hall–Kier alpha value is -1.76. The van der Waals surface area contributed by atoms with Gasteiger partial charge in [0, 0.05) is 6.07 Å². The van der Waals surface area contributed by atoms with E-state index in [0.29, 0.717) is 5.56 Å².